The maximum absolute atomic E-state index is 12.3. The third kappa shape index (κ3) is 3.50. The minimum absolute atomic E-state index is 0.0781. The fourth-order valence-electron chi connectivity index (χ4n) is 3.17. The molecular weight excluding hydrogens is 314 g/mol. The second kappa shape index (κ2) is 6.90. The molecule has 0 unspecified atom stereocenters. The molecule has 0 aromatic carbocycles. The van der Waals surface area contributed by atoms with Gasteiger partial charge in [-0.05, 0) is 25.7 Å². The number of carbonyl (C=O) groups is 2. The van der Waals surface area contributed by atoms with Crippen molar-refractivity contribution >= 4 is 11.9 Å². The average Bonchev–Trinajstić information content (AvgIpc) is 3.09. The molecule has 3 rings (SSSR count). The highest BCUT2D eigenvalue weighted by molar-refractivity contribution is 5.93. The highest BCUT2D eigenvalue weighted by Crippen LogP contribution is 2.16. The first kappa shape index (κ1) is 16.3. The van der Waals surface area contributed by atoms with Crippen molar-refractivity contribution in [2.75, 3.05) is 26.2 Å². The molecule has 1 aromatic rings. The van der Waals surface area contributed by atoms with Gasteiger partial charge < -0.3 is 20.1 Å². The summed E-state index contributed by atoms with van der Waals surface area (Å²) in [4.78, 5) is 55.0. The Morgan fingerprint density at radius 3 is 2.29 bits per heavy atom. The minimum atomic E-state index is -0.710. The number of rotatable bonds is 2. The third-order valence-electron chi connectivity index (χ3n) is 4.54. The Labute approximate surface area is 138 Å². The number of aromatic amines is 2. The van der Waals surface area contributed by atoms with Gasteiger partial charge in [-0.2, -0.15) is 0 Å². The van der Waals surface area contributed by atoms with Crippen molar-refractivity contribution in [1.29, 1.82) is 0 Å². The van der Waals surface area contributed by atoms with E-state index >= 15 is 0 Å². The molecule has 3 N–H and O–H groups in total. The van der Waals surface area contributed by atoms with Crippen LogP contribution < -0.4 is 16.6 Å². The molecule has 9 heteroatoms. The first-order valence-electron chi connectivity index (χ1n) is 8.21. The average molecular weight is 335 g/mol. The molecule has 0 bridgehead atoms. The number of urea groups is 1. The lowest BCUT2D eigenvalue weighted by Gasteiger charge is -2.34. The normalized spacial score (nSPS) is 18.7. The highest BCUT2D eigenvalue weighted by atomic mass is 16.2. The molecule has 0 atom stereocenters. The number of likely N-dealkylation sites (tertiary alicyclic amines) is 2. The van der Waals surface area contributed by atoms with Gasteiger partial charge in [-0.15, -0.1) is 0 Å². The summed E-state index contributed by atoms with van der Waals surface area (Å²) >= 11 is 0. The van der Waals surface area contributed by atoms with E-state index in [-0.39, 0.29) is 17.6 Å². The van der Waals surface area contributed by atoms with Crippen molar-refractivity contribution in [2.45, 2.75) is 31.7 Å². The van der Waals surface area contributed by atoms with Gasteiger partial charge in [0.15, 0.2) is 0 Å². The van der Waals surface area contributed by atoms with E-state index in [2.05, 4.69) is 10.3 Å². The zero-order chi connectivity index (χ0) is 17.1. The van der Waals surface area contributed by atoms with E-state index in [0.29, 0.717) is 25.9 Å². The topological polar surface area (TPSA) is 118 Å². The Kier molecular flexibility index (Phi) is 4.68. The van der Waals surface area contributed by atoms with Crippen molar-refractivity contribution in [2.24, 2.45) is 0 Å². The van der Waals surface area contributed by atoms with Crippen LogP contribution in [0.25, 0.3) is 0 Å². The van der Waals surface area contributed by atoms with Crippen LogP contribution in [0.1, 0.15) is 36.0 Å². The Morgan fingerprint density at radius 2 is 1.67 bits per heavy atom. The molecule has 9 nitrogen and oxygen atoms in total. The van der Waals surface area contributed by atoms with Crippen molar-refractivity contribution < 1.29 is 9.59 Å². The first-order valence-corrected chi connectivity index (χ1v) is 8.21. The molecule has 3 amide bonds. The summed E-state index contributed by atoms with van der Waals surface area (Å²) in [6, 6.07) is -0.0131. The SMILES string of the molecule is O=C(NC1CCN(C(=O)N2CCCC2)CC1)c1c[nH]c(=O)[nH]c1=O. The second-order valence-electron chi connectivity index (χ2n) is 6.20. The largest absolute Gasteiger partial charge is 0.349 e. The number of hydrogen-bond donors (Lipinski definition) is 3. The van der Waals surface area contributed by atoms with Gasteiger partial charge in [-0.1, -0.05) is 0 Å². The zero-order valence-electron chi connectivity index (χ0n) is 13.3. The number of amides is 3. The fourth-order valence-corrected chi connectivity index (χ4v) is 3.17. The maximum Gasteiger partial charge on any atom is 0.325 e. The van der Waals surface area contributed by atoms with Crippen molar-refractivity contribution in [1.82, 2.24) is 25.1 Å². The Bertz CT molecular complexity index is 726. The van der Waals surface area contributed by atoms with Gasteiger partial charge in [0.05, 0.1) is 0 Å². The van der Waals surface area contributed by atoms with Gasteiger partial charge in [0.1, 0.15) is 5.56 Å². The minimum Gasteiger partial charge on any atom is -0.349 e. The number of aromatic nitrogens is 2. The second-order valence-corrected chi connectivity index (χ2v) is 6.20. The summed E-state index contributed by atoms with van der Waals surface area (Å²) in [7, 11) is 0. The van der Waals surface area contributed by atoms with Gasteiger partial charge in [0, 0.05) is 38.4 Å². The van der Waals surface area contributed by atoms with E-state index in [9.17, 15) is 19.2 Å². The van der Waals surface area contributed by atoms with Crippen LogP contribution in [0.2, 0.25) is 0 Å². The van der Waals surface area contributed by atoms with Crippen LogP contribution in [0.3, 0.4) is 0 Å². The van der Waals surface area contributed by atoms with Crippen molar-refractivity contribution in [3.05, 3.63) is 32.6 Å². The number of piperidine rings is 1. The quantitative estimate of drug-likeness (QED) is 0.673. The van der Waals surface area contributed by atoms with Crippen LogP contribution in [0.5, 0.6) is 0 Å². The van der Waals surface area contributed by atoms with E-state index in [0.717, 1.165) is 32.1 Å². The molecule has 24 heavy (non-hydrogen) atoms. The Morgan fingerprint density at radius 1 is 1.04 bits per heavy atom. The summed E-state index contributed by atoms with van der Waals surface area (Å²) in [6.07, 6.45) is 4.53. The van der Waals surface area contributed by atoms with Crippen LogP contribution >= 0.6 is 0 Å². The summed E-state index contributed by atoms with van der Waals surface area (Å²) in [5, 5.41) is 2.79. The van der Waals surface area contributed by atoms with E-state index in [4.69, 9.17) is 0 Å². The number of carbonyl (C=O) groups excluding carboxylic acids is 2. The van der Waals surface area contributed by atoms with Gasteiger partial charge in [0.2, 0.25) is 0 Å². The Hall–Kier alpha value is -2.58. The van der Waals surface area contributed by atoms with Gasteiger partial charge >= 0.3 is 11.7 Å². The Balaban J connectivity index is 1.53. The molecule has 1 aromatic heterocycles. The fraction of sp³-hybridized carbons (Fsp3) is 0.600. The van der Waals surface area contributed by atoms with Crippen LogP contribution in [-0.4, -0.2) is 63.9 Å². The van der Waals surface area contributed by atoms with E-state index in [1.807, 2.05) is 14.8 Å². The van der Waals surface area contributed by atoms with Gasteiger partial charge in [-0.25, -0.2) is 9.59 Å². The lowest BCUT2D eigenvalue weighted by Crippen LogP contribution is -2.50. The number of H-pyrrole nitrogens is 2. The number of nitrogens with one attached hydrogen (secondary N) is 3. The summed E-state index contributed by atoms with van der Waals surface area (Å²) in [6.45, 7) is 2.82. The molecule has 2 saturated heterocycles. The zero-order valence-corrected chi connectivity index (χ0v) is 13.3. The molecule has 130 valence electrons. The smallest absolute Gasteiger partial charge is 0.325 e. The predicted molar refractivity (Wildman–Crippen MR) is 85.9 cm³/mol. The third-order valence-corrected chi connectivity index (χ3v) is 4.54. The number of hydrogen-bond acceptors (Lipinski definition) is 4. The van der Waals surface area contributed by atoms with Crippen molar-refractivity contribution in [3.63, 3.8) is 0 Å². The molecule has 2 aliphatic rings. The van der Waals surface area contributed by atoms with Crippen molar-refractivity contribution in [3.8, 4) is 0 Å². The monoisotopic (exact) mass is 335 g/mol. The summed E-state index contributed by atoms with van der Waals surface area (Å²) < 4.78 is 0. The molecule has 2 aliphatic heterocycles. The lowest BCUT2D eigenvalue weighted by molar-refractivity contribution is 0.0910. The summed E-state index contributed by atoms with van der Waals surface area (Å²) in [5.74, 6) is -0.517. The molecule has 0 radical (unpaired) electrons. The standard InChI is InChI=1S/C15H21N5O4/c21-12(11-9-16-14(23)18-13(11)22)17-10-3-7-20(8-4-10)15(24)19-5-1-2-6-19/h9-10H,1-8H2,(H,17,21)(H2,16,18,22,23). The molecule has 0 saturated carbocycles. The predicted octanol–water partition coefficient (Wildman–Crippen LogP) is -0.527. The molecule has 0 spiro atoms. The number of nitrogens with zero attached hydrogens (tertiary/aromatic N) is 2. The lowest BCUT2D eigenvalue weighted by atomic mass is 10.0. The van der Waals surface area contributed by atoms with E-state index in [1.54, 1.807) is 0 Å². The highest BCUT2D eigenvalue weighted by Gasteiger charge is 2.28. The first-order chi connectivity index (χ1) is 11.5. The van der Waals surface area contributed by atoms with E-state index < -0.39 is 17.2 Å². The van der Waals surface area contributed by atoms with Gasteiger partial charge in [0.25, 0.3) is 11.5 Å². The maximum atomic E-state index is 12.3. The summed E-state index contributed by atoms with van der Waals surface area (Å²) in [5.41, 5.74) is -1.48. The van der Waals surface area contributed by atoms with Crippen LogP contribution in [-0.2, 0) is 0 Å². The molecule has 2 fully saturated rings. The van der Waals surface area contributed by atoms with Crippen LogP contribution in [0.15, 0.2) is 15.8 Å². The van der Waals surface area contributed by atoms with E-state index in [1.165, 1.54) is 0 Å². The van der Waals surface area contributed by atoms with Gasteiger partial charge in [-0.3, -0.25) is 14.6 Å². The molecule has 0 aliphatic carbocycles. The van der Waals surface area contributed by atoms with Crippen LogP contribution in [0.4, 0.5) is 4.79 Å². The van der Waals surface area contributed by atoms with Crippen LogP contribution in [0, 0.1) is 0 Å². The molecule has 3 heterocycles. The molecular formula is C15H21N5O4.